The second-order valence-electron chi connectivity index (χ2n) is 5.38. The minimum Gasteiger partial charge on any atom is -0.424 e. The van der Waals surface area contributed by atoms with Gasteiger partial charge in [0, 0.05) is 20.8 Å². The first-order valence-electron chi connectivity index (χ1n) is 6.68. The highest BCUT2D eigenvalue weighted by Crippen LogP contribution is 2.13. The first-order chi connectivity index (χ1) is 8.41. The minimum atomic E-state index is -1.35. The van der Waals surface area contributed by atoms with E-state index in [1.807, 2.05) is 7.11 Å². The van der Waals surface area contributed by atoms with Gasteiger partial charge >= 0.3 is 0 Å². The summed E-state index contributed by atoms with van der Waals surface area (Å²) in [5, 5.41) is 0. The average Bonchev–Trinajstić information content (AvgIpc) is 3.13. The molecule has 1 aliphatic heterocycles. The Morgan fingerprint density at radius 3 is 2.22 bits per heavy atom. The van der Waals surface area contributed by atoms with Crippen LogP contribution in [0.15, 0.2) is 0 Å². The van der Waals surface area contributed by atoms with E-state index >= 15 is 0 Å². The maximum absolute atomic E-state index is 5.44. The number of hydrogen-bond acceptors (Lipinski definition) is 4. The summed E-state index contributed by atoms with van der Waals surface area (Å²) < 4.78 is 20.8. The van der Waals surface area contributed by atoms with E-state index in [2.05, 4.69) is 26.2 Å². The zero-order valence-electron chi connectivity index (χ0n) is 12.8. The summed E-state index contributed by atoms with van der Waals surface area (Å²) in [5.74, 6) is 0. The molecule has 1 rings (SSSR count). The Hall–Kier alpha value is 0.274. The Labute approximate surface area is 115 Å². The first-order valence-corrected chi connectivity index (χ1v) is 12.6. The van der Waals surface area contributed by atoms with Crippen molar-refractivity contribution in [2.45, 2.75) is 44.8 Å². The van der Waals surface area contributed by atoms with Crippen LogP contribution in [-0.2, 0) is 18.3 Å². The van der Waals surface area contributed by atoms with Crippen LogP contribution < -0.4 is 0 Å². The molecular weight excluding hydrogens is 264 g/mol. The number of ether oxygens (including phenoxy) is 2. The molecule has 6 heteroatoms. The van der Waals surface area contributed by atoms with Crippen molar-refractivity contribution in [3.63, 3.8) is 0 Å². The van der Waals surface area contributed by atoms with E-state index in [-0.39, 0.29) is 0 Å². The van der Waals surface area contributed by atoms with Crippen LogP contribution in [0.5, 0.6) is 0 Å². The van der Waals surface area contributed by atoms with Gasteiger partial charge in [-0.05, 0) is 38.7 Å². The van der Waals surface area contributed by atoms with Gasteiger partial charge in [-0.25, -0.2) is 0 Å². The van der Waals surface area contributed by atoms with Gasteiger partial charge in [0.1, 0.15) is 6.10 Å². The third kappa shape index (κ3) is 12.7. The van der Waals surface area contributed by atoms with E-state index in [1.54, 1.807) is 7.11 Å². The van der Waals surface area contributed by atoms with E-state index in [0.29, 0.717) is 6.10 Å². The van der Waals surface area contributed by atoms with Crippen LogP contribution in [0.3, 0.4) is 0 Å². The molecule has 4 nitrogen and oxygen atoms in total. The van der Waals surface area contributed by atoms with Gasteiger partial charge in [0.25, 0.3) is 0 Å². The third-order valence-electron chi connectivity index (χ3n) is 2.80. The van der Waals surface area contributed by atoms with Crippen LogP contribution in [-0.4, -0.2) is 57.5 Å². The predicted molar refractivity (Wildman–Crippen MR) is 80.4 cm³/mol. The molecule has 0 radical (unpaired) electrons. The standard InChI is InChI=1S/C9H20O3Si.C3H10OSi/c1-10-13(2,3)6-4-5-11-7-9-8-12-9;1-4-5(2)3/h9H,4-8H2,1-3H3;5H,1-3H3. The van der Waals surface area contributed by atoms with E-state index in [9.17, 15) is 0 Å². The van der Waals surface area contributed by atoms with Gasteiger partial charge in [-0.3, -0.25) is 0 Å². The zero-order valence-corrected chi connectivity index (χ0v) is 15.0. The van der Waals surface area contributed by atoms with Crippen molar-refractivity contribution < 1.29 is 18.3 Å². The molecule has 0 spiro atoms. The Morgan fingerprint density at radius 2 is 1.83 bits per heavy atom. The van der Waals surface area contributed by atoms with E-state index in [1.165, 1.54) is 6.04 Å². The van der Waals surface area contributed by atoms with Crippen LogP contribution in [0.2, 0.25) is 32.2 Å². The topological polar surface area (TPSA) is 40.2 Å². The van der Waals surface area contributed by atoms with Crippen molar-refractivity contribution in [1.82, 2.24) is 0 Å². The minimum absolute atomic E-state index is 0.396. The summed E-state index contributed by atoms with van der Waals surface area (Å²) in [7, 11) is 1.57. The predicted octanol–water partition coefficient (Wildman–Crippen LogP) is 2.26. The molecule has 0 N–H and O–H groups in total. The lowest BCUT2D eigenvalue weighted by molar-refractivity contribution is 0.116. The molecular formula is C12H30O4Si2. The lowest BCUT2D eigenvalue weighted by Gasteiger charge is -2.19. The lowest BCUT2D eigenvalue weighted by atomic mass is 10.5. The highest BCUT2D eigenvalue weighted by atomic mass is 28.4. The van der Waals surface area contributed by atoms with Crippen molar-refractivity contribution in [3.05, 3.63) is 0 Å². The van der Waals surface area contributed by atoms with Crippen molar-refractivity contribution in [2.75, 3.05) is 34.0 Å². The van der Waals surface area contributed by atoms with Gasteiger partial charge in [0.15, 0.2) is 17.4 Å². The summed E-state index contributed by atoms with van der Waals surface area (Å²) in [5.41, 5.74) is 0. The molecule has 0 aromatic carbocycles. The highest BCUT2D eigenvalue weighted by molar-refractivity contribution is 6.71. The van der Waals surface area contributed by atoms with Crippen LogP contribution in [0.4, 0.5) is 0 Å². The normalized spacial score (nSPS) is 18.5. The van der Waals surface area contributed by atoms with E-state index in [4.69, 9.17) is 18.3 Å². The van der Waals surface area contributed by atoms with Crippen LogP contribution in [0.1, 0.15) is 6.42 Å². The fraction of sp³-hybridized carbons (Fsp3) is 1.00. The molecule has 1 heterocycles. The average molecular weight is 295 g/mol. The van der Waals surface area contributed by atoms with Crippen LogP contribution >= 0.6 is 0 Å². The molecule has 1 saturated heterocycles. The third-order valence-corrected chi connectivity index (χ3v) is 6.40. The van der Waals surface area contributed by atoms with Crippen LogP contribution in [0, 0.1) is 0 Å². The highest BCUT2D eigenvalue weighted by Gasteiger charge is 2.23. The van der Waals surface area contributed by atoms with Crippen LogP contribution in [0.25, 0.3) is 0 Å². The van der Waals surface area contributed by atoms with Gasteiger partial charge < -0.3 is 18.3 Å². The fourth-order valence-electron chi connectivity index (χ4n) is 1.08. The summed E-state index contributed by atoms with van der Waals surface area (Å²) in [6.45, 7) is 11.3. The lowest BCUT2D eigenvalue weighted by Crippen LogP contribution is -2.28. The summed E-state index contributed by atoms with van der Waals surface area (Å²) in [4.78, 5) is 0. The molecule has 0 aromatic heterocycles. The quantitative estimate of drug-likeness (QED) is 0.391. The summed E-state index contributed by atoms with van der Waals surface area (Å²) in [6.07, 6.45) is 1.51. The molecule has 0 amide bonds. The van der Waals surface area contributed by atoms with Crippen molar-refractivity contribution in [3.8, 4) is 0 Å². The van der Waals surface area contributed by atoms with Crippen molar-refractivity contribution >= 4 is 17.4 Å². The molecule has 1 atom stereocenters. The Balaban J connectivity index is 0.000000494. The van der Waals surface area contributed by atoms with E-state index in [0.717, 1.165) is 26.2 Å². The molecule has 0 aromatic rings. The molecule has 0 aliphatic carbocycles. The largest absolute Gasteiger partial charge is 0.424 e. The van der Waals surface area contributed by atoms with Gasteiger partial charge in [-0.1, -0.05) is 0 Å². The zero-order chi connectivity index (χ0) is 14.0. The first kappa shape index (κ1) is 18.3. The Bertz CT molecular complexity index is 197. The number of hydrogen-bond donors (Lipinski definition) is 0. The van der Waals surface area contributed by atoms with Gasteiger partial charge in [0.05, 0.1) is 13.2 Å². The molecule has 1 unspecified atom stereocenters. The Kier molecular flexibility index (Phi) is 10.3. The molecule has 1 aliphatic rings. The van der Waals surface area contributed by atoms with Crippen molar-refractivity contribution in [1.29, 1.82) is 0 Å². The number of rotatable bonds is 8. The maximum atomic E-state index is 5.44. The molecule has 0 bridgehead atoms. The smallest absolute Gasteiger partial charge is 0.186 e. The van der Waals surface area contributed by atoms with Gasteiger partial charge in [-0.15, -0.1) is 0 Å². The molecule has 0 saturated carbocycles. The van der Waals surface area contributed by atoms with E-state index < -0.39 is 17.4 Å². The molecule has 18 heavy (non-hydrogen) atoms. The summed E-state index contributed by atoms with van der Waals surface area (Å²) >= 11 is 0. The SMILES string of the molecule is CO[SiH](C)C.CO[Si](C)(C)CCCOCC1CO1. The van der Waals surface area contributed by atoms with Gasteiger partial charge in [-0.2, -0.15) is 0 Å². The fourth-order valence-corrected chi connectivity index (χ4v) is 2.28. The Morgan fingerprint density at radius 1 is 1.28 bits per heavy atom. The van der Waals surface area contributed by atoms with Crippen molar-refractivity contribution in [2.24, 2.45) is 0 Å². The monoisotopic (exact) mass is 294 g/mol. The summed E-state index contributed by atoms with van der Waals surface area (Å²) in [6, 6.07) is 1.18. The second-order valence-corrected chi connectivity index (χ2v) is 12.4. The second kappa shape index (κ2) is 10.1. The number of epoxide rings is 1. The molecule has 110 valence electrons. The van der Waals surface area contributed by atoms with Gasteiger partial charge in [0.2, 0.25) is 0 Å². The maximum Gasteiger partial charge on any atom is 0.186 e. The molecule has 1 fully saturated rings.